The largest absolute Gasteiger partial charge is 0.384 e. The molecule has 0 saturated carbocycles. The predicted molar refractivity (Wildman–Crippen MR) is 70.7 cm³/mol. The number of carbonyl (C=O) groups is 1. The van der Waals surface area contributed by atoms with Gasteiger partial charge in [-0.25, -0.2) is 4.98 Å². The number of ether oxygens (including phenoxy) is 1. The standard InChI is InChI=1S/C12H15N5O2/c1-19-5-4-17-8-10(7-15-17)16-12(18)9-2-3-11(13)14-6-9/h2-3,6-8H,4-5H2,1H3,(H2,13,14)(H,16,18). The van der Waals surface area contributed by atoms with Crippen LogP contribution >= 0.6 is 0 Å². The monoisotopic (exact) mass is 261 g/mol. The summed E-state index contributed by atoms with van der Waals surface area (Å²) in [6, 6.07) is 3.20. The van der Waals surface area contributed by atoms with Crippen molar-refractivity contribution in [3.63, 3.8) is 0 Å². The maximum Gasteiger partial charge on any atom is 0.257 e. The summed E-state index contributed by atoms with van der Waals surface area (Å²) in [5.74, 6) is 0.128. The summed E-state index contributed by atoms with van der Waals surface area (Å²) in [7, 11) is 1.63. The van der Waals surface area contributed by atoms with Gasteiger partial charge in [-0.1, -0.05) is 0 Å². The minimum atomic E-state index is -0.251. The highest BCUT2D eigenvalue weighted by atomic mass is 16.5. The van der Waals surface area contributed by atoms with Crippen LogP contribution < -0.4 is 11.1 Å². The first kappa shape index (κ1) is 13.0. The number of rotatable bonds is 5. The first-order valence-electron chi connectivity index (χ1n) is 5.73. The van der Waals surface area contributed by atoms with Gasteiger partial charge in [-0.3, -0.25) is 9.48 Å². The van der Waals surface area contributed by atoms with E-state index in [1.807, 2.05) is 0 Å². The zero-order chi connectivity index (χ0) is 13.7. The number of amides is 1. The maximum atomic E-state index is 11.9. The van der Waals surface area contributed by atoms with Gasteiger partial charge in [-0.15, -0.1) is 0 Å². The van der Waals surface area contributed by atoms with Crippen LogP contribution in [0.4, 0.5) is 11.5 Å². The Kier molecular flexibility index (Phi) is 4.09. The Balaban J connectivity index is 1.98. The van der Waals surface area contributed by atoms with Crippen LogP contribution in [0.3, 0.4) is 0 Å². The Bertz CT molecular complexity index is 550. The lowest BCUT2D eigenvalue weighted by atomic mass is 10.2. The summed E-state index contributed by atoms with van der Waals surface area (Å²) >= 11 is 0. The summed E-state index contributed by atoms with van der Waals surface area (Å²) in [4.78, 5) is 15.8. The lowest BCUT2D eigenvalue weighted by Gasteiger charge is -2.02. The van der Waals surface area contributed by atoms with E-state index in [0.717, 1.165) is 0 Å². The van der Waals surface area contributed by atoms with Crippen molar-refractivity contribution in [2.45, 2.75) is 6.54 Å². The quantitative estimate of drug-likeness (QED) is 0.828. The second-order valence-corrected chi connectivity index (χ2v) is 3.91. The predicted octanol–water partition coefficient (Wildman–Crippen LogP) is 0.759. The van der Waals surface area contributed by atoms with Crippen molar-refractivity contribution in [2.75, 3.05) is 24.8 Å². The van der Waals surface area contributed by atoms with E-state index in [1.165, 1.54) is 6.20 Å². The molecule has 0 atom stereocenters. The van der Waals surface area contributed by atoms with E-state index in [0.29, 0.717) is 30.2 Å². The van der Waals surface area contributed by atoms with Crippen molar-refractivity contribution in [1.82, 2.24) is 14.8 Å². The van der Waals surface area contributed by atoms with Gasteiger partial charge in [0.15, 0.2) is 0 Å². The van der Waals surface area contributed by atoms with E-state index in [9.17, 15) is 4.79 Å². The Hall–Kier alpha value is -2.41. The van der Waals surface area contributed by atoms with Crippen LogP contribution in [-0.2, 0) is 11.3 Å². The summed E-state index contributed by atoms with van der Waals surface area (Å²) < 4.78 is 6.64. The zero-order valence-electron chi connectivity index (χ0n) is 10.5. The summed E-state index contributed by atoms with van der Waals surface area (Å²) in [6.07, 6.45) is 4.75. The number of methoxy groups -OCH3 is 1. The van der Waals surface area contributed by atoms with Gasteiger partial charge in [-0.05, 0) is 12.1 Å². The molecule has 0 fully saturated rings. The van der Waals surface area contributed by atoms with Crippen LogP contribution in [0.15, 0.2) is 30.7 Å². The fourth-order valence-corrected chi connectivity index (χ4v) is 1.48. The first-order chi connectivity index (χ1) is 9.19. The molecule has 0 saturated heterocycles. The topological polar surface area (TPSA) is 95.1 Å². The summed E-state index contributed by atoms with van der Waals surface area (Å²) in [5, 5.41) is 6.83. The van der Waals surface area contributed by atoms with Crippen LogP contribution in [-0.4, -0.2) is 34.4 Å². The summed E-state index contributed by atoms with van der Waals surface area (Å²) in [6.45, 7) is 1.20. The first-order valence-corrected chi connectivity index (χ1v) is 5.73. The number of nitrogens with one attached hydrogen (secondary N) is 1. The number of hydrogen-bond acceptors (Lipinski definition) is 5. The molecule has 2 rings (SSSR count). The molecule has 0 aromatic carbocycles. The Morgan fingerprint density at radius 1 is 1.47 bits per heavy atom. The van der Waals surface area contributed by atoms with Gasteiger partial charge in [0, 0.05) is 19.5 Å². The van der Waals surface area contributed by atoms with Crippen LogP contribution in [0.5, 0.6) is 0 Å². The molecule has 1 amide bonds. The Morgan fingerprint density at radius 3 is 3.00 bits per heavy atom. The average Bonchev–Trinajstić information content (AvgIpc) is 2.84. The molecule has 3 N–H and O–H groups in total. The van der Waals surface area contributed by atoms with Crippen molar-refractivity contribution in [2.24, 2.45) is 0 Å². The molecule has 0 bridgehead atoms. The van der Waals surface area contributed by atoms with Gasteiger partial charge in [0.25, 0.3) is 5.91 Å². The SMILES string of the molecule is COCCn1cc(NC(=O)c2ccc(N)nc2)cn1. The van der Waals surface area contributed by atoms with E-state index in [1.54, 1.807) is 36.3 Å². The van der Waals surface area contributed by atoms with Crippen molar-refractivity contribution in [3.8, 4) is 0 Å². The fourth-order valence-electron chi connectivity index (χ4n) is 1.48. The third kappa shape index (κ3) is 3.52. The number of carbonyl (C=O) groups excluding carboxylic acids is 1. The molecule has 0 radical (unpaired) electrons. The van der Waals surface area contributed by atoms with Crippen molar-refractivity contribution in [1.29, 1.82) is 0 Å². The van der Waals surface area contributed by atoms with Crippen molar-refractivity contribution >= 4 is 17.4 Å². The molecular formula is C12H15N5O2. The highest BCUT2D eigenvalue weighted by molar-refractivity contribution is 6.03. The van der Waals surface area contributed by atoms with Crippen LogP contribution in [0, 0.1) is 0 Å². The van der Waals surface area contributed by atoms with Gasteiger partial charge in [0.1, 0.15) is 5.82 Å². The number of hydrogen-bond donors (Lipinski definition) is 2. The van der Waals surface area contributed by atoms with Crippen molar-refractivity contribution in [3.05, 3.63) is 36.3 Å². The second kappa shape index (κ2) is 5.96. The number of aromatic nitrogens is 3. The van der Waals surface area contributed by atoms with E-state index < -0.39 is 0 Å². The van der Waals surface area contributed by atoms with Crippen LogP contribution in [0.1, 0.15) is 10.4 Å². The van der Waals surface area contributed by atoms with E-state index >= 15 is 0 Å². The molecule has 2 aromatic heterocycles. The molecule has 100 valence electrons. The summed E-state index contributed by atoms with van der Waals surface area (Å²) in [5.41, 5.74) is 6.53. The minimum Gasteiger partial charge on any atom is -0.384 e. The van der Waals surface area contributed by atoms with Gasteiger partial charge < -0.3 is 15.8 Å². The molecule has 2 heterocycles. The van der Waals surface area contributed by atoms with Crippen LogP contribution in [0.25, 0.3) is 0 Å². The Morgan fingerprint density at radius 2 is 2.32 bits per heavy atom. The van der Waals surface area contributed by atoms with E-state index in [2.05, 4.69) is 15.4 Å². The molecule has 2 aromatic rings. The Labute approximate surface area is 110 Å². The lowest BCUT2D eigenvalue weighted by molar-refractivity contribution is 0.102. The molecular weight excluding hydrogens is 246 g/mol. The molecule has 0 aliphatic heterocycles. The normalized spacial score (nSPS) is 10.4. The van der Waals surface area contributed by atoms with E-state index in [4.69, 9.17) is 10.5 Å². The lowest BCUT2D eigenvalue weighted by Crippen LogP contribution is -2.12. The maximum absolute atomic E-state index is 11.9. The minimum absolute atomic E-state index is 0.251. The number of nitrogens with two attached hydrogens (primary N) is 1. The van der Waals surface area contributed by atoms with Gasteiger partial charge >= 0.3 is 0 Å². The molecule has 0 aliphatic rings. The number of nitrogens with zero attached hydrogens (tertiary/aromatic N) is 3. The molecule has 7 heteroatoms. The highest BCUT2D eigenvalue weighted by Gasteiger charge is 2.07. The zero-order valence-corrected chi connectivity index (χ0v) is 10.5. The second-order valence-electron chi connectivity index (χ2n) is 3.91. The molecule has 0 unspecified atom stereocenters. The third-order valence-corrected chi connectivity index (χ3v) is 2.46. The van der Waals surface area contributed by atoms with Gasteiger partial charge in [0.05, 0.1) is 30.6 Å². The van der Waals surface area contributed by atoms with Crippen LogP contribution in [0.2, 0.25) is 0 Å². The number of anilines is 2. The van der Waals surface area contributed by atoms with Gasteiger partial charge in [0.2, 0.25) is 0 Å². The third-order valence-electron chi connectivity index (χ3n) is 2.46. The molecule has 19 heavy (non-hydrogen) atoms. The average molecular weight is 261 g/mol. The molecule has 0 spiro atoms. The highest BCUT2D eigenvalue weighted by Crippen LogP contribution is 2.08. The molecule has 0 aliphatic carbocycles. The number of nitrogen functional groups attached to an aromatic ring is 1. The molecule has 7 nitrogen and oxygen atoms in total. The van der Waals surface area contributed by atoms with Gasteiger partial charge in [-0.2, -0.15) is 5.10 Å². The fraction of sp³-hybridized carbons (Fsp3) is 0.250. The number of pyridine rings is 1. The smallest absolute Gasteiger partial charge is 0.257 e. The van der Waals surface area contributed by atoms with E-state index in [-0.39, 0.29) is 5.91 Å². The van der Waals surface area contributed by atoms with Crippen molar-refractivity contribution < 1.29 is 9.53 Å².